The molecule has 2 fully saturated rings. The third-order valence-corrected chi connectivity index (χ3v) is 6.02. The topological polar surface area (TPSA) is 52.6 Å². The van der Waals surface area contributed by atoms with Crippen molar-refractivity contribution in [2.45, 2.75) is 38.9 Å². The summed E-state index contributed by atoms with van der Waals surface area (Å²) in [6, 6.07) is 3.96. The molecule has 5 heterocycles. The lowest BCUT2D eigenvalue weighted by atomic mass is 10.0. The molecule has 2 saturated heterocycles. The number of carbonyl (C=O) groups excluding carboxylic acids is 1. The van der Waals surface area contributed by atoms with E-state index >= 15 is 0 Å². The van der Waals surface area contributed by atoms with E-state index in [1.807, 2.05) is 16.7 Å². The van der Waals surface area contributed by atoms with E-state index < -0.39 is 0 Å². The van der Waals surface area contributed by atoms with Crippen molar-refractivity contribution >= 4 is 11.7 Å². The zero-order chi connectivity index (χ0) is 18.7. The Labute approximate surface area is 157 Å². The molecule has 0 aliphatic carbocycles. The molecule has 0 spiro atoms. The number of aromatic nitrogens is 2. The van der Waals surface area contributed by atoms with E-state index in [0.29, 0.717) is 6.54 Å². The summed E-state index contributed by atoms with van der Waals surface area (Å²) >= 11 is 0. The van der Waals surface area contributed by atoms with Crippen molar-refractivity contribution in [3.05, 3.63) is 52.9 Å². The average molecular weight is 367 g/mol. The second-order valence-electron chi connectivity index (χ2n) is 7.77. The van der Waals surface area contributed by atoms with E-state index in [0.717, 1.165) is 43.1 Å². The molecule has 2 aromatic heterocycles. The minimum Gasteiger partial charge on any atom is -0.366 e. The SMILES string of the molecule is Cc1cc(C)c2c(n1)C1CCN(C3CN(c4cncc(F)c4)C3)C(=O)N1C2. The average Bonchev–Trinajstić information content (AvgIpc) is 2.95. The lowest BCUT2D eigenvalue weighted by molar-refractivity contribution is 0.0757. The molecule has 5 rings (SSSR count). The molecule has 0 bridgehead atoms. The molecule has 3 aliphatic rings. The van der Waals surface area contributed by atoms with Crippen LogP contribution in [0.1, 0.15) is 35.0 Å². The molecule has 0 aromatic carbocycles. The molecule has 0 N–H and O–H groups in total. The van der Waals surface area contributed by atoms with Gasteiger partial charge in [-0.15, -0.1) is 0 Å². The number of carbonyl (C=O) groups is 1. The van der Waals surface area contributed by atoms with Gasteiger partial charge in [-0.25, -0.2) is 9.18 Å². The number of hydrogen-bond donors (Lipinski definition) is 0. The first-order chi connectivity index (χ1) is 13.0. The smallest absolute Gasteiger partial charge is 0.321 e. The fraction of sp³-hybridized carbons (Fsp3) is 0.450. The third-order valence-electron chi connectivity index (χ3n) is 6.02. The van der Waals surface area contributed by atoms with Crippen molar-refractivity contribution in [3.8, 4) is 0 Å². The van der Waals surface area contributed by atoms with Gasteiger partial charge in [0.15, 0.2) is 0 Å². The molecule has 1 atom stereocenters. The third kappa shape index (κ3) is 2.56. The molecular weight excluding hydrogens is 345 g/mol. The number of aryl methyl sites for hydroxylation is 2. The van der Waals surface area contributed by atoms with Crippen LogP contribution in [-0.2, 0) is 6.54 Å². The van der Waals surface area contributed by atoms with Gasteiger partial charge in [0, 0.05) is 31.4 Å². The van der Waals surface area contributed by atoms with Crippen LogP contribution >= 0.6 is 0 Å². The van der Waals surface area contributed by atoms with Crippen molar-refractivity contribution in [2.75, 3.05) is 24.5 Å². The van der Waals surface area contributed by atoms with Crippen LogP contribution in [0.3, 0.4) is 0 Å². The number of anilines is 1. The van der Waals surface area contributed by atoms with Crippen LogP contribution < -0.4 is 4.90 Å². The van der Waals surface area contributed by atoms with Gasteiger partial charge in [-0.1, -0.05) is 0 Å². The van der Waals surface area contributed by atoms with Gasteiger partial charge in [-0.2, -0.15) is 0 Å². The Morgan fingerprint density at radius 3 is 2.74 bits per heavy atom. The minimum atomic E-state index is -0.333. The maximum absolute atomic E-state index is 13.4. The number of urea groups is 1. The van der Waals surface area contributed by atoms with Gasteiger partial charge in [0.2, 0.25) is 0 Å². The zero-order valence-electron chi connectivity index (χ0n) is 15.5. The standard InChI is InChI=1S/C20H22FN5O/c1-12-5-13(2)23-19-17(12)11-26-18(19)3-4-25(20(26)27)16-9-24(10-16)15-6-14(21)7-22-8-15/h5-8,16,18H,3-4,9-11H2,1-2H3. The lowest BCUT2D eigenvalue weighted by Crippen LogP contribution is -2.64. The summed E-state index contributed by atoms with van der Waals surface area (Å²) < 4.78 is 13.4. The highest BCUT2D eigenvalue weighted by Gasteiger charge is 2.45. The number of pyridine rings is 2. The Kier molecular flexibility index (Phi) is 3.60. The van der Waals surface area contributed by atoms with Gasteiger partial charge in [0.05, 0.1) is 42.4 Å². The Bertz CT molecular complexity index is 927. The van der Waals surface area contributed by atoms with Crippen LogP contribution in [0.15, 0.2) is 24.5 Å². The van der Waals surface area contributed by atoms with Crippen molar-refractivity contribution in [1.29, 1.82) is 0 Å². The number of rotatable bonds is 2. The fourth-order valence-electron chi connectivity index (χ4n) is 4.59. The van der Waals surface area contributed by atoms with Crippen molar-refractivity contribution in [3.63, 3.8) is 0 Å². The monoisotopic (exact) mass is 367 g/mol. The molecule has 2 aromatic rings. The van der Waals surface area contributed by atoms with Crippen LogP contribution in [0, 0.1) is 19.7 Å². The molecule has 2 amide bonds. The molecule has 27 heavy (non-hydrogen) atoms. The number of amides is 2. The van der Waals surface area contributed by atoms with E-state index in [2.05, 4.69) is 22.9 Å². The first kappa shape index (κ1) is 16.5. The highest BCUT2D eigenvalue weighted by atomic mass is 19.1. The second-order valence-corrected chi connectivity index (χ2v) is 7.77. The van der Waals surface area contributed by atoms with Crippen LogP contribution in [-0.4, -0.2) is 51.5 Å². The molecule has 3 aliphatic heterocycles. The first-order valence-electron chi connectivity index (χ1n) is 9.41. The molecule has 1 unspecified atom stereocenters. The largest absolute Gasteiger partial charge is 0.366 e. The van der Waals surface area contributed by atoms with E-state index in [1.165, 1.54) is 23.4 Å². The van der Waals surface area contributed by atoms with Gasteiger partial charge in [0.1, 0.15) is 5.82 Å². The molecule has 0 radical (unpaired) electrons. The van der Waals surface area contributed by atoms with E-state index in [4.69, 9.17) is 4.98 Å². The van der Waals surface area contributed by atoms with Crippen molar-refractivity contribution < 1.29 is 9.18 Å². The van der Waals surface area contributed by atoms with E-state index in [9.17, 15) is 9.18 Å². The number of fused-ring (bicyclic) bond motifs is 3. The molecule has 6 nitrogen and oxygen atoms in total. The first-order valence-corrected chi connectivity index (χ1v) is 9.41. The second kappa shape index (κ2) is 5.90. The van der Waals surface area contributed by atoms with Gasteiger partial charge in [-0.05, 0) is 37.5 Å². The van der Waals surface area contributed by atoms with Gasteiger partial charge in [0.25, 0.3) is 0 Å². The summed E-state index contributed by atoms with van der Waals surface area (Å²) in [7, 11) is 0. The van der Waals surface area contributed by atoms with Gasteiger partial charge >= 0.3 is 6.03 Å². The maximum atomic E-state index is 13.4. The normalized spacial score (nSPS) is 22.0. The van der Waals surface area contributed by atoms with E-state index in [-0.39, 0.29) is 23.9 Å². The van der Waals surface area contributed by atoms with Gasteiger partial charge in [-0.3, -0.25) is 9.97 Å². The predicted octanol–water partition coefficient (Wildman–Crippen LogP) is 2.80. The highest BCUT2D eigenvalue weighted by Crippen LogP contribution is 2.41. The quantitative estimate of drug-likeness (QED) is 0.819. The maximum Gasteiger partial charge on any atom is 0.321 e. The molecule has 140 valence electrons. The van der Waals surface area contributed by atoms with Gasteiger partial charge < -0.3 is 14.7 Å². The molecule has 0 saturated carbocycles. The fourth-order valence-corrected chi connectivity index (χ4v) is 4.59. The Hall–Kier alpha value is -2.70. The summed E-state index contributed by atoms with van der Waals surface area (Å²) in [4.78, 5) is 27.8. The lowest BCUT2D eigenvalue weighted by Gasteiger charge is -2.49. The Balaban J connectivity index is 1.30. The Morgan fingerprint density at radius 1 is 1.15 bits per heavy atom. The van der Waals surface area contributed by atoms with Crippen LogP contribution in [0.25, 0.3) is 0 Å². The summed E-state index contributed by atoms with van der Waals surface area (Å²) in [5.41, 5.74) is 5.31. The summed E-state index contributed by atoms with van der Waals surface area (Å²) in [5.74, 6) is -0.333. The summed E-state index contributed by atoms with van der Waals surface area (Å²) in [5, 5.41) is 0. The van der Waals surface area contributed by atoms with Crippen molar-refractivity contribution in [2.24, 2.45) is 0 Å². The minimum absolute atomic E-state index is 0.100. The predicted molar refractivity (Wildman–Crippen MR) is 98.9 cm³/mol. The highest BCUT2D eigenvalue weighted by molar-refractivity contribution is 5.78. The molecular formula is C20H22FN5O. The van der Waals surface area contributed by atoms with Crippen LogP contribution in [0.4, 0.5) is 14.9 Å². The van der Waals surface area contributed by atoms with Crippen LogP contribution in [0.5, 0.6) is 0 Å². The number of halogens is 1. The number of nitrogens with zero attached hydrogens (tertiary/aromatic N) is 5. The molecule has 7 heteroatoms. The van der Waals surface area contributed by atoms with Crippen molar-refractivity contribution in [1.82, 2.24) is 19.8 Å². The summed E-state index contributed by atoms with van der Waals surface area (Å²) in [6.45, 7) is 6.95. The zero-order valence-corrected chi connectivity index (χ0v) is 15.5. The van der Waals surface area contributed by atoms with Crippen LogP contribution in [0.2, 0.25) is 0 Å². The number of hydrogen-bond acceptors (Lipinski definition) is 4. The summed E-state index contributed by atoms with van der Waals surface area (Å²) in [6.07, 6.45) is 3.78. The van der Waals surface area contributed by atoms with E-state index in [1.54, 1.807) is 6.20 Å². The Morgan fingerprint density at radius 2 is 1.96 bits per heavy atom.